The van der Waals surface area contributed by atoms with Gasteiger partial charge < -0.3 is 15.4 Å². The lowest BCUT2D eigenvalue weighted by atomic mass is 9.88. The second-order valence-corrected chi connectivity index (χ2v) is 6.75. The highest BCUT2D eigenvalue weighted by atomic mass is 16.5. The molecule has 0 bridgehead atoms. The number of hydrogen-bond donors (Lipinski definition) is 2. The Labute approximate surface area is 145 Å². The molecule has 1 saturated carbocycles. The predicted molar refractivity (Wildman–Crippen MR) is 95.0 cm³/mol. The van der Waals surface area contributed by atoms with Crippen LogP contribution in [-0.4, -0.2) is 35.1 Å². The molecule has 1 aromatic rings. The van der Waals surface area contributed by atoms with Crippen molar-refractivity contribution in [3.63, 3.8) is 0 Å². The number of carbonyl (C=O) groups is 1. The van der Waals surface area contributed by atoms with Crippen LogP contribution >= 0.6 is 0 Å². The second kappa shape index (κ2) is 9.06. The van der Waals surface area contributed by atoms with Gasteiger partial charge in [-0.1, -0.05) is 19.8 Å². The molecule has 1 heterocycles. The highest BCUT2D eigenvalue weighted by Gasteiger charge is 2.21. The van der Waals surface area contributed by atoms with Crippen LogP contribution in [-0.2, 0) is 17.8 Å². The molecule has 136 valence electrons. The van der Waals surface area contributed by atoms with Crippen LogP contribution in [0.25, 0.3) is 0 Å². The van der Waals surface area contributed by atoms with E-state index in [1.165, 1.54) is 19.3 Å². The van der Waals surface area contributed by atoms with Crippen molar-refractivity contribution in [2.75, 3.05) is 13.2 Å². The standard InChI is InChI=1S/C18H32N4O2/c1-5-22-15(4)16(14(3)21-22)12-20-18(23)19-10-11-24-17-9-7-6-8-13(17)2/h13,17H,5-12H2,1-4H3,(H2,19,20,23)/t13-,17-/m1/s1. The van der Waals surface area contributed by atoms with Gasteiger partial charge in [0, 0.05) is 30.9 Å². The first-order valence-corrected chi connectivity index (χ1v) is 9.19. The summed E-state index contributed by atoms with van der Waals surface area (Å²) in [5.74, 6) is 0.633. The molecule has 0 aliphatic heterocycles. The van der Waals surface area contributed by atoms with Crippen molar-refractivity contribution in [2.45, 2.75) is 72.6 Å². The Morgan fingerprint density at radius 3 is 2.71 bits per heavy atom. The minimum atomic E-state index is -0.154. The first-order valence-electron chi connectivity index (χ1n) is 9.19. The highest BCUT2D eigenvalue weighted by molar-refractivity contribution is 5.73. The van der Waals surface area contributed by atoms with E-state index < -0.39 is 0 Å². The van der Waals surface area contributed by atoms with Gasteiger partial charge >= 0.3 is 6.03 Å². The Balaban J connectivity index is 1.66. The van der Waals surface area contributed by atoms with Crippen LogP contribution < -0.4 is 10.6 Å². The molecular formula is C18H32N4O2. The first-order chi connectivity index (χ1) is 11.5. The quantitative estimate of drug-likeness (QED) is 0.752. The predicted octanol–water partition coefficient (Wildman–Crippen LogP) is 2.91. The summed E-state index contributed by atoms with van der Waals surface area (Å²) >= 11 is 0. The van der Waals surface area contributed by atoms with Crippen molar-refractivity contribution in [2.24, 2.45) is 5.92 Å². The molecule has 2 N–H and O–H groups in total. The van der Waals surface area contributed by atoms with E-state index in [0.717, 1.165) is 29.9 Å². The molecule has 1 aliphatic carbocycles. The van der Waals surface area contributed by atoms with Gasteiger partial charge in [0.25, 0.3) is 0 Å². The van der Waals surface area contributed by atoms with E-state index in [9.17, 15) is 4.79 Å². The molecule has 1 aromatic heterocycles. The van der Waals surface area contributed by atoms with Crippen molar-refractivity contribution in [3.8, 4) is 0 Å². The Hall–Kier alpha value is -1.56. The molecule has 0 spiro atoms. The summed E-state index contributed by atoms with van der Waals surface area (Å²) in [4.78, 5) is 11.9. The maximum absolute atomic E-state index is 11.9. The smallest absolute Gasteiger partial charge is 0.315 e. The normalized spacial score (nSPS) is 20.8. The number of aromatic nitrogens is 2. The molecule has 2 amide bonds. The van der Waals surface area contributed by atoms with Gasteiger partial charge in [-0.25, -0.2) is 4.79 Å². The Kier molecular flexibility index (Phi) is 7.09. The van der Waals surface area contributed by atoms with Gasteiger partial charge in [0.05, 0.1) is 18.4 Å². The number of hydrogen-bond acceptors (Lipinski definition) is 3. The van der Waals surface area contributed by atoms with Crippen molar-refractivity contribution in [1.29, 1.82) is 0 Å². The fourth-order valence-corrected chi connectivity index (χ4v) is 3.43. The van der Waals surface area contributed by atoms with Crippen LogP contribution in [0, 0.1) is 19.8 Å². The zero-order valence-corrected chi connectivity index (χ0v) is 15.5. The molecule has 2 atom stereocenters. The summed E-state index contributed by atoms with van der Waals surface area (Å²) < 4.78 is 7.87. The molecular weight excluding hydrogens is 304 g/mol. The summed E-state index contributed by atoms with van der Waals surface area (Å²) in [6, 6.07) is -0.154. The summed E-state index contributed by atoms with van der Waals surface area (Å²) in [6.07, 6.45) is 5.33. The van der Waals surface area contributed by atoms with Gasteiger partial charge in [-0.05, 0) is 39.5 Å². The fourth-order valence-electron chi connectivity index (χ4n) is 3.43. The van der Waals surface area contributed by atoms with E-state index in [1.54, 1.807) is 0 Å². The maximum Gasteiger partial charge on any atom is 0.315 e. The zero-order valence-electron chi connectivity index (χ0n) is 15.5. The number of urea groups is 1. The van der Waals surface area contributed by atoms with Crippen LogP contribution in [0.4, 0.5) is 4.79 Å². The fraction of sp³-hybridized carbons (Fsp3) is 0.778. The van der Waals surface area contributed by atoms with Crippen molar-refractivity contribution in [1.82, 2.24) is 20.4 Å². The van der Waals surface area contributed by atoms with E-state index in [4.69, 9.17) is 4.74 Å². The lowest BCUT2D eigenvalue weighted by molar-refractivity contribution is -0.00243. The summed E-state index contributed by atoms with van der Waals surface area (Å²) in [6.45, 7) is 10.8. The van der Waals surface area contributed by atoms with Gasteiger partial charge in [0.15, 0.2) is 0 Å². The SMILES string of the molecule is CCn1nc(C)c(CNC(=O)NCCO[C@@H]2CCCC[C@H]2C)c1C. The lowest BCUT2D eigenvalue weighted by Gasteiger charge is -2.28. The largest absolute Gasteiger partial charge is 0.376 e. The third-order valence-electron chi connectivity index (χ3n) is 5.01. The first kappa shape index (κ1) is 18.8. The van der Waals surface area contributed by atoms with Gasteiger partial charge in [-0.15, -0.1) is 0 Å². The molecule has 0 saturated heterocycles. The van der Waals surface area contributed by atoms with Gasteiger partial charge in [-0.2, -0.15) is 5.10 Å². The molecule has 6 nitrogen and oxygen atoms in total. The number of aryl methyl sites for hydroxylation is 2. The van der Waals surface area contributed by atoms with E-state index in [2.05, 4.69) is 29.6 Å². The summed E-state index contributed by atoms with van der Waals surface area (Å²) in [7, 11) is 0. The highest BCUT2D eigenvalue weighted by Crippen LogP contribution is 2.25. The van der Waals surface area contributed by atoms with Crippen LogP contribution in [0.2, 0.25) is 0 Å². The molecule has 0 aromatic carbocycles. The Bertz CT molecular complexity index is 541. The molecule has 0 radical (unpaired) electrons. The molecule has 0 unspecified atom stereocenters. The number of rotatable bonds is 7. The number of ether oxygens (including phenoxy) is 1. The van der Waals surface area contributed by atoms with Gasteiger partial charge in [0.1, 0.15) is 0 Å². The van der Waals surface area contributed by atoms with Gasteiger partial charge in [0.2, 0.25) is 0 Å². The third-order valence-corrected chi connectivity index (χ3v) is 5.01. The van der Waals surface area contributed by atoms with Crippen LogP contribution in [0.1, 0.15) is 56.5 Å². The number of carbonyl (C=O) groups excluding carboxylic acids is 1. The minimum Gasteiger partial charge on any atom is -0.376 e. The van der Waals surface area contributed by atoms with Crippen LogP contribution in [0.15, 0.2) is 0 Å². The second-order valence-electron chi connectivity index (χ2n) is 6.75. The zero-order chi connectivity index (χ0) is 17.5. The average Bonchev–Trinajstić information content (AvgIpc) is 2.85. The molecule has 2 rings (SSSR count). The molecule has 6 heteroatoms. The Morgan fingerprint density at radius 2 is 2.04 bits per heavy atom. The minimum absolute atomic E-state index is 0.154. The molecule has 1 fully saturated rings. The topological polar surface area (TPSA) is 68.2 Å². The number of nitrogens with zero attached hydrogens (tertiary/aromatic N) is 2. The number of amides is 2. The monoisotopic (exact) mass is 336 g/mol. The van der Waals surface area contributed by atoms with Crippen molar-refractivity contribution >= 4 is 6.03 Å². The Morgan fingerprint density at radius 1 is 1.29 bits per heavy atom. The number of nitrogens with one attached hydrogen (secondary N) is 2. The molecule has 1 aliphatic rings. The third kappa shape index (κ3) is 4.97. The van der Waals surface area contributed by atoms with Crippen LogP contribution in [0.3, 0.4) is 0 Å². The van der Waals surface area contributed by atoms with Crippen molar-refractivity contribution in [3.05, 3.63) is 17.0 Å². The van der Waals surface area contributed by atoms with Crippen molar-refractivity contribution < 1.29 is 9.53 Å². The van der Waals surface area contributed by atoms with Gasteiger partial charge in [-0.3, -0.25) is 4.68 Å². The van der Waals surface area contributed by atoms with Crippen LogP contribution in [0.5, 0.6) is 0 Å². The van der Waals surface area contributed by atoms with E-state index in [0.29, 0.717) is 31.7 Å². The van der Waals surface area contributed by atoms with E-state index in [-0.39, 0.29) is 6.03 Å². The lowest BCUT2D eigenvalue weighted by Crippen LogP contribution is -2.38. The maximum atomic E-state index is 11.9. The average molecular weight is 336 g/mol. The van der Waals surface area contributed by atoms with E-state index >= 15 is 0 Å². The molecule has 24 heavy (non-hydrogen) atoms. The summed E-state index contributed by atoms with van der Waals surface area (Å²) in [5, 5.41) is 10.2. The summed E-state index contributed by atoms with van der Waals surface area (Å²) in [5.41, 5.74) is 3.19. The van der Waals surface area contributed by atoms with E-state index in [1.807, 2.05) is 18.5 Å².